The van der Waals surface area contributed by atoms with Crippen molar-refractivity contribution < 1.29 is 41.0 Å². The summed E-state index contributed by atoms with van der Waals surface area (Å²) in [6.07, 6.45) is -9.86. The number of alkyl halides is 6. The number of thiazole rings is 1. The minimum Gasteiger partial charge on any atom is -0.482 e. The number of carbonyl (C=O) groups is 1. The van der Waals surface area contributed by atoms with E-state index in [1.807, 2.05) is 0 Å². The molecule has 0 unspecified atom stereocenters. The second kappa shape index (κ2) is 9.87. The first-order chi connectivity index (χ1) is 15.7. The molecule has 0 amide bonds. The largest absolute Gasteiger partial charge is 0.482 e. The van der Waals surface area contributed by atoms with E-state index in [9.17, 15) is 31.1 Å². The van der Waals surface area contributed by atoms with Crippen molar-refractivity contribution in [2.24, 2.45) is 0 Å². The van der Waals surface area contributed by atoms with Crippen LogP contribution in [0.5, 0.6) is 5.75 Å². The molecule has 2 aromatic carbocycles. The zero-order chi connectivity index (χ0) is 25.3. The average Bonchev–Trinajstić information content (AvgIpc) is 3.10. The predicted octanol–water partition coefficient (Wildman–Crippen LogP) is 7.22. The number of benzene rings is 2. The van der Waals surface area contributed by atoms with E-state index in [2.05, 4.69) is 4.98 Å². The Morgan fingerprint density at radius 2 is 1.65 bits per heavy atom. The molecule has 3 aromatic rings. The Morgan fingerprint density at radius 3 is 2.18 bits per heavy atom. The molecule has 4 nitrogen and oxygen atoms in total. The number of aromatic nitrogens is 1. The topological polar surface area (TPSA) is 59.4 Å². The maximum Gasteiger partial charge on any atom is 0.416 e. The monoisotopic (exact) mass is 521 g/mol. The third kappa shape index (κ3) is 6.44. The molecule has 0 aliphatic heterocycles. The molecule has 1 N–H and O–H groups in total. The number of carboxylic acid groups (broad SMARTS) is 1. The maximum absolute atomic E-state index is 13.2. The van der Waals surface area contributed by atoms with Gasteiger partial charge in [-0.2, -0.15) is 26.3 Å². The van der Waals surface area contributed by atoms with Crippen LogP contribution in [-0.2, 0) is 22.9 Å². The van der Waals surface area contributed by atoms with Crippen LogP contribution in [0.2, 0.25) is 0 Å². The molecule has 12 heteroatoms. The van der Waals surface area contributed by atoms with Crippen molar-refractivity contribution in [1.29, 1.82) is 0 Å². The molecule has 0 spiro atoms. The summed E-state index contributed by atoms with van der Waals surface area (Å²) < 4.78 is 84.2. The lowest BCUT2D eigenvalue weighted by Gasteiger charge is -2.13. The lowest BCUT2D eigenvalue weighted by atomic mass is 10.1. The number of carboxylic acids is 1. The van der Waals surface area contributed by atoms with Crippen LogP contribution in [-0.4, -0.2) is 22.7 Å². The molecular formula is C22H17F6NO3S2. The van der Waals surface area contributed by atoms with E-state index in [0.29, 0.717) is 34.2 Å². The van der Waals surface area contributed by atoms with Gasteiger partial charge >= 0.3 is 18.3 Å². The van der Waals surface area contributed by atoms with E-state index < -0.39 is 36.1 Å². The smallest absolute Gasteiger partial charge is 0.416 e. The Bertz CT molecular complexity index is 1170. The van der Waals surface area contributed by atoms with Crippen LogP contribution in [0.3, 0.4) is 0 Å². The fourth-order valence-corrected chi connectivity index (χ4v) is 5.11. The van der Waals surface area contributed by atoms with Gasteiger partial charge in [0.1, 0.15) is 10.8 Å². The first-order valence-corrected chi connectivity index (χ1v) is 11.4. The molecule has 0 aliphatic carbocycles. The van der Waals surface area contributed by atoms with Crippen molar-refractivity contribution in [1.82, 2.24) is 4.98 Å². The summed E-state index contributed by atoms with van der Waals surface area (Å²) in [6.45, 7) is 2.92. The molecule has 0 atom stereocenters. The first-order valence-electron chi connectivity index (χ1n) is 9.58. The first kappa shape index (κ1) is 25.9. The van der Waals surface area contributed by atoms with E-state index in [1.165, 1.54) is 11.8 Å². The van der Waals surface area contributed by atoms with Gasteiger partial charge in [0.15, 0.2) is 6.61 Å². The van der Waals surface area contributed by atoms with E-state index in [4.69, 9.17) is 9.84 Å². The van der Waals surface area contributed by atoms with Gasteiger partial charge < -0.3 is 9.84 Å². The maximum atomic E-state index is 13.2. The zero-order valence-corrected chi connectivity index (χ0v) is 19.3. The average molecular weight is 522 g/mol. The minimum absolute atomic E-state index is 0.0679. The van der Waals surface area contributed by atoms with Gasteiger partial charge in [0.05, 0.1) is 16.8 Å². The minimum atomic E-state index is -4.93. The standard InChI is InChI=1S/C22H17F6NO3S2/c1-11-5-16(3-4-17(11)32-9-19(30)31)33-10-18-12(2)29-20(34-18)13-6-14(21(23,24)25)8-15(7-13)22(26,27)28/h3-8H,9-10H2,1-2H3,(H,30,31). The highest BCUT2D eigenvalue weighted by molar-refractivity contribution is 7.98. The van der Waals surface area contributed by atoms with Gasteiger partial charge in [-0.15, -0.1) is 23.1 Å². The lowest BCUT2D eigenvalue weighted by Crippen LogP contribution is -2.11. The third-order valence-electron chi connectivity index (χ3n) is 4.59. The van der Waals surface area contributed by atoms with Gasteiger partial charge in [-0.05, 0) is 55.8 Å². The summed E-state index contributed by atoms with van der Waals surface area (Å²) in [5.41, 5.74) is -1.79. The number of thioether (sulfide) groups is 1. The predicted molar refractivity (Wildman–Crippen MR) is 116 cm³/mol. The molecule has 0 radical (unpaired) electrons. The highest BCUT2D eigenvalue weighted by Crippen LogP contribution is 2.40. The number of hydrogen-bond acceptors (Lipinski definition) is 5. The van der Waals surface area contributed by atoms with E-state index in [-0.39, 0.29) is 16.6 Å². The Labute approximate surface area is 198 Å². The molecule has 3 rings (SSSR count). The molecule has 0 bridgehead atoms. The zero-order valence-electron chi connectivity index (χ0n) is 17.7. The van der Waals surface area contributed by atoms with Gasteiger partial charge in [-0.1, -0.05) is 0 Å². The Balaban J connectivity index is 1.82. The van der Waals surface area contributed by atoms with Crippen molar-refractivity contribution >= 4 is 29.1 Å². The number of ether oxygens (including phenoxy) is 1. The van der Waals surface area contributed by atoms with Gasteiger partial charge in [0.25, 0.3) is 0 Å². The number of hydrogen-bond donors (Lipinski definition) is 1. The van der Waals surface area contributed by atoms with Gasteiger partial charge in [-0.25, -0.2) is 9.78 Å². The van der Waals surface area contributed by atoms with Crippen LogP contribution >= 0.6 is 23.1 Å². The summed E-state index contributed by atoms with van der Waals surface area (Å²) >= 11 is 2.43. The normalized spacial score (nSPS) is 12.1. The molecule has 1 aromatic heterocycles. The lowest BCUT2D eigenvalue weighted by molar-refractivity contribution is -0.143. The van der Waals surface area contributed by atoms with Crippen molar-refractivity contribution in [3.63, 3.8) is 0 Å². The molecule has 0 aliphatic rings. The van der Waals surface area contributed by atoms with Crippen LogP contribution < -0.4 is 4.74 Å². The number of halogens is 6. The molecule has 0 saturated heterocycles. The van der Waals surface area contributed by atoms with Crippen LogP contribution in [0.1, 0.15) is 27.3 Å². The molecular weight excluding hydrogens is 504 g/mol. The Kier molecular flexibility index (Phi) is 7.51. The SMILES string of the molecule is Cc1cc(SCc2sc(-c3cc(C(F)(F)F)cc(C(F)(F)F)c3)nc2C)ccc1OCC(=O)O. The van der Waals surface area contributed by atoms with Crippen LogP contribution in [0.4, 0.5) is 26.3 Å². The molecule has 0 fully saturated rings. The summed E-state index contributed by atoms with van der Waals surface area (Å²) in [6, 6.07) is 6.59. The Morgan fingerprint density at radius 1 is 1.03 bits per heavy atom. The summed E-state index contributed by atoms with van der Waals surface area (Å²) in [5, 5.41) is 8.77. The molecule has 0 saturated carbocycles. The van der Waals surface area contributed by atoms with Crippen molar-refractivity contribution in [3.05, 3.63) is 63.7 Å². The summed E-state index contributed by atoms with van der Waals surface area (Å²) in [5.74, 6) is -0.283. The molecule has 182 valence electrons. The summed E-state index contributed by atoms with van der Waals surface area (Å²) in [7, 11) is 0. The number of rotatable bonds is 7. The van der Waals surface area contributed by atoms with Crippen LogP contribution in [0, 0.1) is 13.8 Å². The fourth-order valence-electron chi connectivity index (χ4n) is 2.93. The highest BCUT2D eigenvalue weighted by atomic mass is 32.2. The van der Waals surface area contributed by atoms with Crippen LogP contribution in [0.25, 0.3) is 10.6 Å². The van der Waals surface area contributed by atoms with Crippen molar-refractivity contribution in [2.45, 2.75) is 36.8 Å². The number of aliphatic carboxylic acids is 1. The second-order valence-electron chi connectivity index (χ2n) is 7.22. The summed E-state index contributed by atoms with van der Waals surface area (Å²) in [4.78, 5) is 16.4. The highest BCUT2D eigenvalue weighted by Gasteiger charge is 2.37. The van der Waals surface area contributed by atoms with Crippen molar-refractivity contribution in [3.8, 4) is 16.3 Å². The number of nitrogens with zero attached hydrogens (tertiary/aromatic N) is 1. The van der Waals surface area contributed by atoms with E-state index >= 15 is 0 Å². The fraction of sp³-hybridized carbons (Fsp3) is 0.273. The van der Waals surface area contributed by atoms with E-state index in [1.54, 1.807) is 32.0 Å². The molecule has 34 heavy (non-hydrogen) atoms. The van der Waals surface area contributed by atoms with Crippen molar-refractivity contribution in [2.75, 3.05) is 6.61 Å². The second-order valence-corrected chi connectivity index (χ2v) is 9.35. The quantitative estimate of drug-likeness (QED) is 0.263. The van der Waals surface area contributed by atoms with Gasteiger partial charge in [0.2, 0.25) is 0 Å². The van der Waals surface area contributed by atoms with Gasteiger partial charge in [0, 0.05) is 21.1 Å². The molecule has 1 heterocycles. The van der Waals surface area contributed by atoms with E-state index in [0.717, 1.165) is 21.8 Å². The van der Waals surface area contributed by atoms with Gasteiger partial charge in [-0.3, -0.25) is 0 Å². The third-order valence-corrected chi connectivity index (χ3v) is 7.00. The Hall–Kier alpha value is -2.73. The van der Waals surface area contributed by atoms with Crippen LogP contribution in [0.15, 0.2) is 41.3 Å². The number of aryl methyl sites for hydroxylation is 2.